The van der Waals surface area contributed by atoms with E-state index in [1.54, 1.807) is 45.0 Å². The van der Waals surface area contributed by atoms with E-state index in [-0.39, 0.29) is 36.1 Å². The number of carbonyl (C=O) groups excluding carboxylic acids is 3. The molecule has 6 aromatic rings. The Morgan fingerprint density at radius 3 is 1.42 bits per heavy atom. The third-order valence-electron chi connectivity index (χ3n) is 11.9. The van der Waals surface area contributed by atoms with Gasteiger partial charge in [-0.15, -0.1) is 0 Å². The molecule has 0 unspecified atom stereocenters. The first-order valence-electron chi connectivity index (χ1n) is 22.5. The van der Waals surface area contributed by atoms with E-state index >= 15 is 0 Å². The van der Waals surface area contributed by atoms with Crippen molar-refractivity contribution in [1.29, 1.82) is 0 Å². The van der Waals surface area contributed by atoms with E-state index in [0.717, 1.165) is 48.7 Å². The number of nitrogens with zero attached hydrogens (tertiary/aromatic N) is 5. The van der Waals surface area contributed by atoms with E-state index < -0.39 is 5.60 Å². The van der Waals surface area contributed by atoms with Crippen molar-refractivity contribution in [3.05, 3.63) is 167 Å². The number of rotatable bonds is 6. The van der Waals surface area contributed by atoms with E-state index in [2.05, 4.69) is 15.1 Å². The summed E-state index contributed by atoms with van der Waals surface area (Å²) in [4.78, 5) is 49.5. The molecule has 1 N–H and O–H groups in total. The van der Waals surface area contributed by atoms with Gasteiger partial charge in [-0.1, -0.05) is 60.7 Å². The molecule has 4 heterocycles. The van der Waals surface area contributed by atoms with Crippen LogP contribution in [0.15, 0.2) is 133 Å². The zero-order valence-corrected chi connectivity index (χ0v) is 37.7. The third-order valence-corrected chi connectivity index (χ3v) is 11.9. The average Bonchev–Trinajstić information content (AvgIpc) is 3.53. The molecule has 2 saturated heterocycles. The van der Waals surface area contributed by atoms with Crippen LogP contribution in [0.1, 0.15) is 52.6 Å². The van der Waals surface area contributed by atoms with Crippen molar-refractivity contribution in [2.24, 2.45) is 0 Å². The van der Waals surface area contributed by atoms with Gasteiger partial charge in [-0.2, -0.15) is 0 Å². The Balaban J connectivity index is 0.000000171. The van der Waals surface area contributed by atoms with Gasteiger partial charge in [0.2, 0.25) is 0 Å². The number of fused-ring (bicyclic) bond motifs is 4. The summed E-state index contributed by atoms with van der Waals surface area (Å²) >= 11 is 0. The first-order valence-corrected chi connectivity index (χ1v) is 22.5. The van der Waals surface area contributed by atoms with Crippen molar-refractivity contribution >= 4 is 40.7 Å². The average molecular weight is 907 g/mol. The van der Waals surface area contributed by atoms with Crippen LogP contribution in [0.25, 0.3) is 0 Å². The van der Waals surface area contributed by atoms with Gasteiger partial charge in [0, 0.05) is 52.4 Å². The van der Waals surface area contributed by atoms with Crippen molar-refractivity contribution in [2.75, 3.05) is 72.0 Å². The number of halogens is 2. The highest BCUT2D eigenvalue weighted by molar-refractivity contribution is 6.11. The molecule has 0 saturated carbocycles. The highest BCUT2D eigenvalue weighted by atomic mass is 19.1. The van der Waals surface area contributed by atoms with Crippen LogP contribution in [0.4, 0.5) is 36.3 Å². The molecule has 4 aliphatic rings. The smallest absolute Gasteiger partial charge is 0.410 e. The molecule has 0 radical (unpaired) electrons. The summed E-state index contributed by atoms with van der Waals surface area (Å²) in [6.07, 6.45) is -0.323. The number of piperazine rings is 2. The summed E-state index contributed by atoms with van der Waals surface area (Å²) in [6, 6.07) is 38.6. The molecule has 0 spiro atoms. The Kier molecular flexibility index (Phi) is 12.8. The zero-order chi connectivity index (χ0) is 46.7. The van der Waals surface area contributed by atoms with Gasteiger partial charge in [0.25, 0.3) is 11.8 Å². The molecule has 0 aromatic heterocycles. The minimum atomic E-state index is -0.549. The monoisotopic (exact) mass is 906 g/mol. The number of carbonyl (C=O) groups is 3. The molecule has 6 aromatic carbocycles. The lowest BCUT2D eigenvalue weighted by molar-refractivity contribution is 0.0240. The standard InChI is InChI=1S/C29H30FN3O4.C24H22FN3O2/c1-29(2,3)37-28(35)32-17-15-31(16-18-32)24-9-6-7-22-26(24)36-25-10-5-4-8-23(25)33(27(22)34)19-20-11-13-21(30)14-12-20;25-18-10-8-17(9-11-18)16-28-20-5-1-2-7-22(20)30-23-19(24(28)29)4-3-6-21(23)27-14-12-26-13-15-27/h4-14H,15-19H2,1-3H3;1-11,26H,12-16H2. The zero-order valence-electron chi connectivity index (χ0n) is 37.7. The van der Waals surface area contributed by atoms with E-state index in [1.807, 2.05) is 99.6 Å². The number of amides is 3. The molecule has 3 amide bonds. The SMILES string of the molecule is CC(C)(C)OC(=O)N1CCN(c2cccc3c2Oc2ccccc2N(Cc2ccc(F)cc2)C3=O)CC1.O=C1c2cccc(N3CCNCC3)c2Oc2ccccc2N1Cc1ccc(F)cc1. The fourth-order valence-corrected chi connectivity index (χ4v) is 8.58. The molecular weight excluding hydrogens is 855 g/mol. The Morgan fingerprint density at radius 2 is 0.970 bits per heavy atom. The minimum Gasteiger partial charge on any atom is -0.452 e. The summed E-state index contributed by atoms with van der Waals surface area (Å²) in [7, 11) is 0. The summed E-state index contributed by atoms with van der Waals surface area (Å²) in [5.41, 5.74) is 5.17. The van der Waals surface area contributed by atoms with E-state index in [9.17, 15) is 23.2 Å². The molecule has 0 bridgehead atoms. The first kappa shape index (κ1) is 44.7. The first-order chi connectivity index (χ1) is 32.4. The Hall–Kier alpha value is -7.45. The maximum atomic E-state index is 13.9. The van der Waals surface area contributed by atoms with E-state index in [0.29, 0.717) is 78.2 Å². The van der Waals surface area contributed by atoms with Gasteiger partial charge < -0.3 is 44.0 Å². The number of ether oxygens (including phenoxy) is 3. The predicted molar refractivity (Wildman–Crippen MR) is 255 cm³/mol. The molecule has 10 rings (SSSR count). The molecule has 67 heavy (non-hydrogen) atoms. The molecule has 0 atom stereocenters. The van der Waals surface area contributed by atoms with Crippen molar-refractivity contribution in [1.82, 2.24) is 10.2 Å². The second-order valence-electron chi connectivity index (χ2n) is 17.7. The fraction of sp³-hybridized carbons (Fsp3) is 0.264. The van der Waals surface area contributed by atoms with Gasteiger partial charge in [0.05, 0.1) is 47.0 Å². The van der Waals surface area contributed by atoms with Crippen LogP contribution >= 0.6 is 0 Å². The maximum absolute atomic E-state index is 13.9. The predicted octanol–water partition coefficient (Wildman–Crippen LogP) is 10.0. The summed E-state index contributed by atoms with van der Waals surface area (Å²) in [6.45, 7) is 11.8. The van der Waals surface area contributed by atoms with Gasteiger partial charge in [-0.3, -0.25) is 9.59 Å². The molecular formula is C53H52F2N6O6. The van der Waals surface area contributed by atoms with Crippen LogP contribution in [-0.2, 0) is 17.8 Å². The quantitative estimate of drug-likeness (QED) is 0.175. The second-order valence-corrected chi connectivity index (χ2v) is 17.7. The lowest BCUT2D eigenvalue weighted by Crippen LogP contribution is -2.50. The Bertz CT molecular complexity index is 2770. The van der Waals surface area contributed by atoms with Crippen molar-refractivity contribution in [2.45, 2.75) is 39.5 Å². The number of hydrogen-bond donors (Lipinski definition) is 1. The van der Waals surface area contributed by atoms with Crippen molar-refractivity contribution < 1.29 is 37.4 Å². The second kappa shape index (κ2) is 19.2. The largest absolute Gasteiger partial charge is 0.452 e. The highest BCUT2D eigenvalue weighted by Crippen LogP contribution is 2.46. The van der Waals surface area contributed by atoms with Crippen LogP contribution in [0, 0.1) is 11.6 Å². The highest BCUT2D eigenvalue weighted by Gasteiger charge is 2.34. The van der Waals surface area contributed by atoms with Gasteiger partial charge in [-0.25, -0.2) is 13.6 Å². The number of benzene rings is 6. The number of anilines is 4. The summed E-state index contributed by atoms with van der Waals surface area (Å²) in [5.74, 6) is 1.35. The molecule has 12 nitrogen and oxygen atoms in total. The van der Waals surface area contributed by atoms with Crippen LogP contribution < -0.4 is 34.4 Å². The maximum Gasteiger partial charge on any atom is 0.410 e. The summed E-state index contributed by atoms with van der Waals surface area (Å²) in [5, 5.41) is 3.36. The fourth-order valence-electron chi connectivity index (χ4n) is 8.58. The molecule has 4 aliphatic heterocycles. The van der Waals surface area contributed by atoms with Gasteiger partial charge in [-0.05, 0) is 105 Å². The lowest BCUT2D eigenvalue weighted by atomic mass is 10.1. The normalized spacial score (nSPS) is 15.6. The van der Waals surface area contributed by atoms with Crippen molar-refractivity contribution in [3.8, 4) is 23.0 Å². The Morgan fingerprint density at radius 1 is 0.552 bits per heavy atom. The lowest BCUT2D eigenvalue weighted by Gasteiger charge is -2.37. The van der Waals surface area contributed by atoms with Crippen LogP contribution in [0.3, 0.4) is 0 Å². The van der Waals surface area contributed by atoms with Crippen LogP contribution in [-0.4, -0.2) is 80.8 Å². The van der Waals surface area contributed by atoms with E-state index in [1.165, 1.54) is 24.3 Å². The summed E-state index contributed by atoms with van der Waals surface area (Å²) < 4.78 is 45.1. The Labute approximate surface area is 388 Å². The molecule has 2 fully saturated rings. The number of nitrogens with one attached hydrogen (secondary N) is 1. The van der Waals surface area contributed by atoms with Gasteiger partial charge >= 0.3 is 6.09 Å². The van der Waals surface area contributed by atoms with Gasteiger partial charge in [0.15, 0.2) is 23.0 Å². The molecule has 14 heteroatoms. The van der Waals surface area contributed by atoms with E-state index in [4.69, 9.17) is 14.2 Å². The topological polar surface area (TPSA) is 107 Å². The number of para-hydroxylation sites is 6. The van der Waals surface area contributed by atoms with Crippen LogP contribution in [0.5, 0.6) is 23.0 Å². The number of hydrogen-bond acceptors (Lipinski definition) is 9. The van der Waals surface area contributed by atoms with Crippen LogP contribution in [0.2, 0.25) is 0 Å². The molecule has 0 aliphatic carbocycles. The molecule has 344 valence electrons. The van der Waals surface area contributed by atoms with Crippen molar-refractivity contribution in [3.63, 3.8) is 0 Å². The van der Waals surface area contributed by atoms with Gasteiger partial charge in [0.1, 0.15) is 17.2 Å². The minimum absolute atomic E-state index is 0.128. The third kappa shape index (κ3) is 9.90.